The van der Waals surface area contributed by atoms with Gasteiger partial charge in [-0.15, -0.1) is 11.3 Å². The number of nitrogens with zero attached hydrogens (tertiary/aromatic N) is 1. The predicted octanol–water partition coefficient (Wildman–Crippen LogP) is 2.34. The summed E-state index contributed by atoms with van der Waals surface area (Å²) in [5, 5.41) is 4.66. The lowest BCUT2D eigenvalue weighted by Gasteiger charge is -2.25. The maximum atomic E-state index is 5.60. The Labute approximate surface area is 119 Å². The molecule has 1 aromatic rings. The highest BCUT2D eigenvalue weighted by Crippen LogP contribution is 2.27. The van der Waals surface area contributed by atoms with Crippen molar-refractivity contribution in [2.24, 2.45) is 0 Å². The summed E-state index contributed by atoms with van der Waals surface area (Å²) in [4.78, 5) is 5.77. The van der Waals surface area contributed by atoms with Gasteiger partial charge in [-0.1, -0.05) is 20.8 Å². The van der Waals surface area contributed by atoms with Gasteiger partial charge < -0.3 is 14.8 Å². The molecule has 5 heteroatoms. The summed E-state index contributed by atoms with van der Waals surface area (Å²) in [6, 6.07) is 0. The van der Waals surface area contributed by atoms with Gasteiger partial charge in [0.05, 0.1) is 11.6 Å². The highest BCUT2D eigenvalue weighted by atomic mass is 32.1. The fraction of sp³-hybridized carbons (Fsp3) is 0.786. The van der Waals surface area contributed by atoms with Gasteiger partial charge in [-0.05, 0) is 0 Å². The van der Waals surface area contributed by atoms with Gasteiger partial charge in [0.1, 0.15) is 5.60 Å². The van der Waals surface area contributed by atoms with Gasteiger partial charge >= 0.3 is 0 Å². The van der Waals surface area contributed by atoms with Crippen LogP contribution in [0.25, 0.3) is 0 Å². The van der Waals surface area contributed by atoms with Crippen LogP contribution in [0.15, 0.2) is 6.20 Å². The van der Waals surface area contributed by atoms with E-state index in [0.717, 1.165) is 26.1 Å². The summed E-state index contributed by atoms with van der Waals surface area (Å²) in [6.45, 7) is 9.73. The molecule has 0 aliphatic carbocycles. The topological polar surface area (TPSA) is 43.4 Å². The smallest absolute Gasteiger partial charge is 0.106 e. The number of thiazole rings is 1. The number of hydrogen-bond acceptors (Lipinski definition) is 5. The number of methoxy groups -OCH3 is 1. The highest BCUT2D eigenvalue weighted by Gasteiger charge is 2.34. The number of nitrogens with one attached hydrogen (secondary N) is 1. The quantitative estimate of drug-likeness (QED) is 0.901. The molecule has 1 fully saturated rings. The van der Waals surface area contributed by atoms with Crippen molar-refractivity contribution in [1.82, 2.24) is 10.3 Å². The minimum absolute atomic E-state index is 0.135. The van der Waals surface area contributed by atoms with E-state index in [1.54, 1.807) is 18.4 Å². The Morgan fingerprint density at radius 2 is 2.32 bits per heavy atom. The van der Waals surface area contributed by atoms with E-state index < -0.39 is 0 Å². The molecule has 0 spiro atoms. The Morgan fingerprint density at radius 3 is 2.84 bits per heavy atom. The molecule has 0 bridgehead atoms. The molecule has 1 aromatic heterocycles. The molecule has 1 N–H and O–H groups in total. The molecule has 108 valence electrons. The van der Waals surface area contributed by atoms with Crippen LogP contribution in [0, 0.1) is 0 Å². The zero-order valence-corrected chi connectivity index (χ0v) is 13.1. The second-order valence-electron chi connectivity index (χ2n) is 6.18. The zero-order chi connectivity index (χ0) is 13.9. The lowest BCUT2D eigenvalue weighted by atomic mass is 9.98. The Morgan fingerprint density at radius 1 is 1.53 bits per heavy atom. The van der Waals surface area contributed by atoms with Crippen molar-refractivity contribution >= 4 is 11.3 Å². The van der Waals surface area contributed by atoms with Gasteiger partial charge in [-0.3, -0.25) is 0 Å². The first-order valence-corrected chi connectivity index (χ1v) is 7.56. The third-order valence-electron chi connectivity index (χ3n) is 3.44. The van der Waals surface area contributed by atoms with Gasteiger partial charge in [0.15, 0.2) is 0 Å². The standard InChI is InChI=1S/C14H24N2O2S/c1-13(2,3)12-16-8-11(19-12)7-15-9-14(17-4)5-6-18-10-14/h8,15H,5-7,9-10H2,1-4H3. The molecule has 0 amide bonds. The predicted molar refractivity (Wildman–Crippen MR) is 77.7 cm³/mol. The van der Waals surface area contributed by atoms with E-state index >= 15 is 0 Å². The molecule has 0 radical (unpaired) electrons. The monoisotopic (exact) mass is 284 g/mol. The maximum absolute atomic E-state index is 5.60. The Balaban J connectivity index is 1.84. The van der Waals surface area contributed by atoms with Crippen LogP contribution in [0.4, 0.5) is 0 Å². The summed E-state index contributed by atoms with van der Waals surface area (Å²) < 4.78 is 11.0. The van der Waals surface area contributed by atoms with Crippen LogP contribution in [0.3, 0.4) is 0 Å². The second-order valence-corrected chi connectivity index (χ2v) is 7.29. The molecule has 2 rings (SSSR count). The van der Waals surface area contributed by atoms with E-state index in [-0.39, 0.29) is 11.0 Å². The molecule has 0 saturated carbocycles. The molecule has 1 atom stereocenters. The van der Waals surface area contributed by atoms with Crippen molar-refractivity contribution in [1.29, 1.82) is 0 Å². The minimum atomic E-state index is -0.141. The van der Waals surface area contributed by atoms with E-state index in [1.165, 1.54) is 9.88 Å². The fourth-order valence-corrected chi connectivity index (χ4v) is 3.05. The van der Waals surface area contributed by atoms with E-state index in [1.807, 2.05) is 6.20 Å². The van der Waals surface area contributed by atoms with Gasteiger partial charge in [0.25, 0.3) is 0 Å². The number of ether oxygens (including phenoxy) is 2. The molecule has 1 aliphatic heterocycles. The summed E-state index contributed by atoms with van der Waals surface area (Å²) in [6.07, 6.45) is 2.94. The molecular weight excluding hydrogens is 260 g/mol. The van der Waals surface area contributed by atoms with Crippen molar-refractivity contribution in [3.8, 4) is 0 Å². The number of hydrogen-bond donors (Lipinski definition) is 1. The lowest BCUT2D eigenvalue weighted by molar-refractivity contribution is -0.0159. The van der Waals surface area contributed by atoms with E-state index in [2.05, 4.69) is 31.1 Å². The summed E-state index contributed by atoms with van der Waals surface area (Å²) >= 11 is 1.78. The Kier molecular flexibility index (Phi) is 4.61. The minimum Gasteiger partial charge on any atom is -0.378 e. The van der Waals surface area contributed by atoms with Gasteiger partial charge in [0.2, 0.25) is 0 Å². The van der Waals surface area contributed by atoms with Crippen LogP contribution in [0.1, 0.15) is 37.1 Å². The molecular formula is C14H24N2O2S. The molecule has 1 saturated heterocycles. The third kappa shape index (κ3) is 3.75. The fourth-order valence-electron chi connectivity index (χ4n) is 2.11. The van der Waals surface area contributed by atoms with E-state index in [0.29, 0.717) is 6.61 Å². The second kappa shape index (κ2) is 5.87. The Bertz CT molecular complexity index is 406. The van der Waals surface area contributed by atoms with Crippen LogP contribution in [-0.4, -0.2) is 37.5 Å². The van der Waals surface area contributed by atoms with E-state index in [9.17, 15) is 0 Å². The van der Waals surface area contributed by atoms with Crippen molar-refractivity contribution in [2.75, 3.05) is 26.9 Å². The van der Waals surface area contributed by atoms with Crippen molar-refractivity contribution in [3.05, 3.63) is 16.1 Å². The molecule has 0 aromatic carbocycles. The average Bonchev–Trinajstić information content (AvgIpc) is 2.97. The highest BCUT2D eigenvalue weighted by molar-refractivity contribution is 7.11. The van der Waals surface area contributed by atoms with Crippen LogP contribution < -0.4 is 5.32 Å². The van der Waals surface area contributed by atoms with Crippen molar-refractivity contribution in [2.45, 2.75) is 44.8 Å². The molecule has 2 heterocycles. The van der Waals surface area contributed by atoms with Gasteiger partial charge in [0, 0.05) is 49.7 Å². The maximum Gasteiger partial charge on any atom is 0.106 e. The van der Waals surface area contributed by atoms with Crippen molar-refractivity contribution < 1.29 is 9.47 Å². The summed E-state index contributed by atoms with van der Waals surface area (Å²) in [5.41, 5.74) is -0.00644. The first-order valence-electron chi connectivity index (χ1n) is 6.74. The SMILES string of the molecule is COC1(CNCc2cnc(C(C)(C)C)s2)CCOC1. The van der Waals surface area contributed by atoms with Crippen LogP contribution >= 0.6 is 11.3 Å². The summed E-state index contributed by atoms with van der Waals surface area (Å²) in [5.74, 6) is 0. The van der Waals surface area contributed by atoms with Gasteiger partial charge in [-0.25, -0.2) is 4.98 Å². The zero-order valence-electron chi connectivity index (χ0n) is 12.3. The van der Waals surface area contributed by atoms with Gasteiger partial charge in [-0.2, -0.15) is 0 Å². The Hall–Kier alpha value is -0.490. The first-order chi connectivity index (χ1) is 8.95. The van der Waals surface area contributed by atoms with Crippen LogP contribution in [0.5, 0.6) is 0 Å². The summed E-state index contributed by atoms with van der Waals surface area (Å²) in [7, 11) is 1.76. The third-order valence-corrected chi connectivity index (χ3v) is 4.86. The largest absolute Gasteiger partial charge is 0.378 e. The normalized spacial score (nSPS) is 24.0. The van der Waals surface area contributed by atoms with E-state index in [4.69, 9.17) is 9.47 Å². The molecule has 1 aliphatic rings. The molecule has 4 nitrogen and oxygen atoms in total. The van der Waals surface area contributed by atoms with Crippen molar-refractivity contribution in [3.63, 3.8) is 0 Å². The number of aromatic nitrogens is 1. The first kappa shape index (κ1) is 14.9. The molecule has 19 heavy (non-hydrogen) atoms. The average molecular weight is 284 g/mol. The number of rotatable bonds is 5. The lowest BCUT2D eigenvalue weighted by Crippen LogP contribution is -2.42. The van der Waals surface area contributed by atoms with Crippen LogP contribution in [-0.2, 0) is 21.4 Å². The molecule has 1 unspecified atom stereocenters. The van der Waals surface area contributed by atoms with Crippen LogP contribution in [0.2, 0.25) is 0 Å².